The van der Waals surface area contributed by atoms with Gasteiger partial charge in [0, 0.05) is 11.5 Å². The van der Waals surface area contributed by atoms with Gasteiger partial charge in [-0.15, -0.1) is 0 Å². The quantitative estimate of drug-likeness (QED) is 0.760. The summed E-state index contributed by atoms with van der Waals surface area (Å²) in [5.41, 5.74) is 1.14. The summed E-state index contributed by atoms with van der Waals surface area (Å²) >= 11 is 0. The molecule has 0 fully saturated rings. The van der Waals surface area contributed by atoms with Gasteiger partial charge < -0.3 is 9.47 Å². The average molecular weight is 242 g/mol. The summed E-state index contributed by atoms with van der Waals surface area (Å²) in [5, 5.41) is 2.35. The number of fused-ring (bicyclic) bond motifs is 3. The fourth-order valence-electron chi connectivity index (χ4n) is 2.54. The molecule has 3 heteroatoms. The van der Waals surface area contributed by atoms with Crippen molar-refractivity contribution in [3.8, 4) is 5.75 Å². The van der Waals surface area contributed by atoms with Gasteiger partial charge in [-0.1, -0.05) is 30.3 Å². The summed E-state index contributed by atoms with van der Waals surface area (Å²) in [6.45, 7) is 0.554. The topological polar surface area (TPSA) is 35.5 Å². The molecule has 0 unspecified atom stereocenters. The molecule has 3 nitrogen and oxygen atoms in total. The van der Waals surface area contributed by atoms with Gasteiger partial charge in [-0.25, -0.2) is 0 Å². The van der Waals surface area contributed by atoms with Crippen molar-refractivity contribution in [3.63, 3.8) is 0 Å². The average Bonchev–Trinajstić information content (AvgIpc) is 2.82. The molecule has 1 heterocycles. The van der Waals surface area contributed by atoms with E-state index in [0.29, 0.717) is 13.0 Å². The smallest absolute Gasteiger partial charge is 0.306 e. The van der Waals surface area contributed by atoms with E-state index in [9.17, 15) is 4.79 Å². The fraction of sp³-hybridized carbons (Fsp3) is 0.267. The van der Waals surface area contributed by atoms with Gasteiger partial charge in [-0.3, -0.25) is 4.79 Å². The van der Waals surface area contributed by atoms with Crippen LogP contribution in [0, 0.1) is 0 Å². The van der Waals surface area contributed by atoms with Crippen molar-refractivity contribution >= 4 is 16.7 Å². The number of rotatable bonds is 2. The van der Waals surface area contributed by atoms with Gasteiger partial charge in [0.05, 0.1) is 20.1 Å². The number of esters is 1. The maximum Gasteiger partial charge on any atom is 0.306 e. The largest absolute Gasteiger partial charge is 0.493 e. The monoisotopic (exact) mass is 242 g/mol. The maximum atomic E-state index is 11.4. The molecule has 2 aromatic rings. The van der Waals surface area contributed by atoms with Crippen LogP contribution in [0.5, 0.6) is 5.75 Å². The van der Waals surface area contributed by atoms with E-state index in [4.69, 9.17) is 9.47 Å². The first-order chi connectivity index (χ1) is 8.79. The predicted molar refractivity (Wildman–Crippen MR) is 68.8 cm³/mol. The van der Waals surface area contributed by atoms with Crippen LogP contribution in [-0.2, 0) is 9.53 Å². The first kappa shape index (κ1) is 11.1. The van der Waals surface area contributed by atoms with Gasteiger partial charge in [-0.2, -0.15) is 0 Å². The lowest BCUT2D eigenvalue weighted by molar-refractivity contribution is -0.141. The van der Waals surface area contributed by atoms with E-state index in [1.165, 1.54) is 17.9 Å². The first-order valence-electron chi connectivity index (χ1n) is 6.01. The molecule has 18 heavy (non-hydrogen) atoms. The van der Waals surface area contributed by atoms with Crippen molar-refractivity contribution in [2.45, 2.75) is 12.3 Å². The molecule has 2 aromatic carbocycles. The van der Waals surface area contributed by atoms with Crippen molar-refractivity contribution in [1.82, 2.24) is 0 Å². The number of hydrogen-bond donors (Lipinski definition) is 0. The molecule has 3 rings (SSSR count). The minimum absolute atomic E-state index is 0.0959. The molecule has 0 saturated heterocycles. The van der Waals surface area contributed by atoms with Gasteiger partial charge in [0.25, 0.3) is 0 Å². The second-order valence-corrected chi connectivity index (χ2v) is 4.49. The van der Waals surface area contributed by atoms with Crippen LogP contribution in [0.4, 0.5) is 0 Å². The molecule has 1 aliphatic heterocycles. The lowest BCUT2D eigenvalue weighted by Crippen LogP contribution is -2.09. The first-order valence-corrected chi connectivity index (χ1v) is 6.01. The summed E-state index contributed by atoms with van der Waals surface area (Å²) < 4.78 is 10.4. The van der Waals surface area contributed by atoms with Crippen molar-refractivity contribution < 1.29 is 14.3 Å². The van der Waals surface area contributed by atoms with Crippen LogP contribution >= 0.6 is 0 Å². The molecule has 0 saturated carbocycles. The number of carbonyl (C=O) groups excluding carboxylic acids is 1. The third kappa shape index (κ3) is 1.72. The predicted octanol–water partition coefficient (Wildman–Crippen LogP) is 2.88. The minimum Gasteiger partial charge on any atom is -0.493 e. The summed E-state index contributed by atoms with van der Waals surface area (Å²) in [6, 6.07) is 12.2. The van der Waals surface area contributed by atoms with Crippen LogP contribution in [0.15, 0.2) is 36.4 Å². The molecule has 0 bridgehead atoms. The lowest BCUT2D eigenvalue weighted by atomic mass is 9.92. The molecule has 0 aliphatic carbocycles. The van der Waals surface area contributed by atoms with E-state index < -0.39 is 0 Å². The minimum atomic E-state index is -0.190. The second kappa shape index (κ2) is 4.33. The van der Waals surface area contributed by atoms with E-state index in [1.54, 1.807) is 0 Å². The van der Waals surface area contributed by atoms with Crippen LogP contribution in [0.2, 0.25) is 0 Å². The Morgan fingerprint density at radius 3 is 3.00 bits per heavy atom. The Labute approximate surface area is 105 Å². The van der Waals surface area contributed by atoms with Gasteiger partial charge in [0.15, 0.2) is 0 Å². The molecule has 0 amide bonds. The molecule has 0 N–H and O–H groups in total. The Hall–Kier alpha value is -2.03. The normalized spacial score (nSPS) is 17.3. The molecular weight excluding hydrogens is 228 g/mol. The van der Waals surface area contributed by atoms with Crippen LogP contribution in [0.1, 0.15) is 17.9 Å². The Kier molecular flexibility index (Phi) is 2.67. The van der Waals surface area contributed by atoms with Crippen LogP contribution in [0.25, 0.3) is 10.8 Å². The van der Waals surface area contributed by atoms with Gasteiger partial charge in [0.2, 0.25) is 0 Å². The Balaban J connectivity index is 2.08. The highest BCUT2D eigenvalue weighted by atomic mass is 16.5. The van der Waals surface area contributed by atoms with Gasteiger partial charge in [-0.05, 0) is 16.8 Å². The van der Waals surface area contributed by atoms with Crippen molar-refractivity contribution in [1.29, 1.82) is 0 Å². The van der Waals surface area contributed by atoms with Crippen LogP contribution in [0.3, 0.4) is 0 Å². The molecule has 0 radical (unpaired) electrons. The summed E-state index contributed by atoms with van der Waals surface area (Å²) in [5.74, 6) is 0.797. The highest BCUT2D eigenvalue weighted by Gasteiger charge is 2.28. The molecule has 0 aromatic heterocycles. The van der Waals surface area contributed by atoms with E-state index in [0.717, 1.165) is 11.3 Å². The Morgan fingerprint density at radius 1 is 1.33 bits per heavy atom. The van der Waals surface area contributed by atoms with E-state index in [2.05, 4.69) is 18.2 Å². The Bertz CT molecular complexity index is 604. The molecule has 1 atom stereocenters. The highest BCUT2D eigenvalue weighted by Crippen LogP contribution is 2.40. The van der Waals surface area contributed by atoms with Crippen molar-refractivity contribution in [2.75, 3.05) is 13.7 Å². The summed E-state index contributed by atoms with van der Waals surface area (Å²) in [4.78, 5) is 11.4. The fourth-order valence-corrected chi connectivity index (χ4v) is 2.54. The summed E-state index contributed by atoms with van der Waals surface area (Å²) in [7, 11) is 1.42. The summed E-state index contributed by atoms with van der Waals surface area (Å²) in [6.07, 6.45) is 0.373. The number of benzene rings is 2. The lowest BCUT2D eigenvalue weighted by Gasteiger charge is -2.09. The van der Waals surface area contributed by atoms with Crippen LogP contribution in [-0.4, -0.2) is 19.7 Å². The third-order valence-corrected chi connectivity index (χ3v) is 3.42. The zero-order valence-corrected chi connectivity index (χ0v) is 10.2. The van der Waals surface area contributed by atoms with Gasteiger partial charge >= 0.3 is 5.97 Å². The standard InChI is InChI=1S/C15H14O3/c1-17-14(16)8-11-9-18-13-7-6-10-4-2-3-5-12(10)15(11)13/h2-7,11H,8-9H2,1H3/t11-/m1/s1. The zero-order chi connectivity index (χ0) is 12.5. The Morgan fingerprint density at radius 2 is 2.17 bits per heavy atom. The van der Waals surface area contributed by atoms with Crippen LogP contribution < -0.4 is 4.74 Å². The van der Waals surface area contributed by atoms with Crippen molar-refractivity contribution in [3.05, 3.63) is 42.0 Å². The maximum absolute atomic E-state index is 11.4. The number of methoxy groups -OCH3 is 1. The van der Waals surface area contributed by atoms with Gasteiger partial charge in [0.1, 0.15) is 5.75 Å². The van der Waals surface area contributed by atoms with E-state index >= 15 is 0 Å². The number of hydrogen-bond acceptors (Lipinski definition) is 3. The van der Waals surface area contributed by atoms with Crippen molar-refractivity contribution in [2.24, 2.45) is 0 Å². The highest BCUT2D eigenvalue weighted by molar-refractivity contribution is 5.89. The van der Waals surface area contributed by atoms with E-state index in [-0.39, 0.29) is 11.9 Å². The molecular formula is C15H14O3. The molecule has 92 valence electrons. The molecule has 1 aliphatic rings. The second-order valence-electron chi connectivity index (χ2n) is 4.49. The number of ether oxygens (including phenoxy) is 2. The SMILES string of the molecule is COC(=O)C[C@@H]1COc2ccc3ccccc3c21. The third-order valence-electron chi connectivity index (χ3n) is 3.42. The zero-order valence-electron chi connectivity index (χ0n) is 10.2. The van der Waals surface area contributed by atoms with E-state index in [1.807, 2.05) is 18.2 Å². The molecule has 0 spiro atoms. The number of carbonyl (C=O) groups is 1.